The van der Waals surface area contributed by atoms with Crippen LogP contribution in [0.15, 0.2) is 205 Å². The molecule has 0 saturated carbocycles. The quantitative estimate of drug-likeness (QED) is 0.161. The summed E-state index contributed by atoms with van der Waals surface area (Å²) < 4.78 is 6.51. The van der Waals surface area contributed by atoms with Crippen molar-refractivity contribution in [1.82, 2.24) is 0 Å². The lowest BCUT2D eigenvalue weighted by Gasteiger charge is -2.35. The highest BCUT2D eigenvalue weighted by Gasteiger charge is 2.33. The van der Waals surface area contributed by atoms with Crippen molar-refractivity contribution in [3.63, 3.8) is 0 Å². The summed E-state index contributed by atoms with van der Waals surface area (Å²) in [4.78, 5) is 2.60. The third-order valence-electron chi connectivity index (χ3n) is 12.2. The molecule has 11 rings (SSSR count). The molecule has 0 saturated heterocycles. The van der Waals surface area contributed by atoms with Gasteiger partial charge in [-0.2, -0.15) is 0 Å². The van der Waals surface area contributed by atoms with Gasteiger partial charge in [-0.15, -0.1) is 0 Å². The molecule has 1 aliphatic rings. The van der Waals surface area contributed by atoms with E-state index in [1.807, 2.05) is 6.07 Å². The van der Waals surface area contributed by atoms with Gasteiger partial charge in [0.15, 0.2) is 0 Å². The highest BCUT2D eigenvalue weighted by molar-refractivity contribution is 6.15. The van der Waals surface area contributed by atoms with Gasteiger partial charge in [0, 0.05) is 33.9 Å². The number of hydrogen-bond acceptors (Lipinski definition) is 2. The topological polar surface area (TPSA) is 16.4 Å². The van der Waals surface area contributed by atoms with Crippen molar-refractivity contribution in [3.05, 3.63) is 222 Å². The normalized spacial score (nSPS) is 11.8. The second-order valence-corrected chi connectivity index (χ2v) is 15.7. The fourth-order valence-corrected chi connectivity index (χ4v) is 9.51. The van der Waals surface area contributed by atoms with Crippen LogP contribution in [0.3, 0.4) is 0 Å². The third-order valence-corrected chi connectivity index (χ3v) is 12.2. The minimum atomic E-state index is 0.821. The van der Waals surface area contributed by atoms with Crippen LogP contribution in [-0.2, 0) is 6.42 Å². The van der Waals surface area contributed by atoms with Crippen molar-refractivity contribution in [1.29, 1.82) is 0 Å². The molecule has 10 aromatic rings. The summed E-state index contributed by atoms with van der Waals surface area (Å²) >= 11 is 0. The molecule has 0 unspecified atom stereocenters. The van der Waals surface area contributed by atoms with Crippen LogP contribution in [0.1, 0.15) is 22.3 Å². The minimum absolute atomic E-state index is 0.821. The largest absolute Gasteiger partial charge is 0.456 e. The van der Waals surface area contributed by atoms with Crippen molar-refractivity contribution in [3.8, 4) is 55.6 Å². The van der Waals surface area contributed by atoms with Gasteiger partial charge >= 0.3 is 0 Å². The van der Waals surface area contributed by atoms with Crippen LogP contribution in [0.4, 0.5) is 17.1 Å². The first-order chi connectivity index (χ1) is 29.1. The average molecular weight is 756 g/mol. The van der Waals surface area contributed by atoms with E-state index in [0.29, 0.717) is 0 Å². The number of nitrogens with zero attached hydrogens (tertiary/aromatic N) is 1. The van der Waals surface area contributed by atoms with Crippen molar-refractivity contribution in [2.24, 2.45) is 0 Å². The number of hydrogen-bond donors (Lipinski definition) is 0. The number of para-hydroxylation sites is 3. The molecule has 2 nitrogen and oxygen atoms in total. The van der Waals surface area contributed by atoms with Crippen LogP contribution < -0.4 is 4.90 Å². The van der Waals surface area contributed by atoms with Gasteiger partial charge in [0.25, 0.3) is 0 Å². The molecule has 2 heteroatoms. The summed E-state index contributed by atoms with van der Waals surface area (Å²) in [7, 11) is 0. The van der Waals surface area contributed by atoms with E-state index in [1.54, 1.807) is 0 Å². The standard InChI is InChI=1S/C57H41NO/c1-37-19-6-9-24-41(37)49-36-48-43-26-11-8-23-40(43)35-50(48)57(56(49)42-25-10-7-20-38(42)2)58(51-31-15-12-27-44(51)39-21-4-3-5-22-39)52-32-16-13-28-45(52)46-30-18-34-54-55(46)47-29-14-17-33-53(47)59-54/h3-34,36H,35H2,1-2H3. The van der Waals surface area contributed by atoms with E-state index in [0.717, 1.165) is 56.4 Å². The molecule has 0 aliphatic heterocycles. The fourth-order valence-electron chi connectivity index (χ4n) is 9.51. The zero-order valence-corrected chi connectivity index (χ0v) is 33.1. The maximum atomic E-state index is 6.51. The molecule has 0 N–H and O–H groups in total. The number of benzene rings is 9. The lowest BCUT2D eigenvalue weighted by Crippen LogP contribution is -2.16. The summed E-state index contributed by atoms with van der Waals surface area (Å²) in [5.74, 6) is 0. The van der Waals surface area contributed by atoms with Crippen LogP contribution in [0.2, 0.25) is 0 Å². The number of fused-ring (bicyclic) bond motifs is 6. The van der Waals surface area contributed by atoms with E-state index in [9.17, 15) is 0 Å². The number of anilines is 3. The molecular weight excluding hydrogens is 715 g/mol. The SMILES string of the molecule is Cc1ccccc1-c1cc2c(c(N(c3ccccc3-c3ccccc3)c3ccccc3-c3cccc4oc5ccccc5c34)c1-c1ccccc1C)Cc1ccccc1-2. The predicted molar refractivity (Wildman–Crippen MR) is 248 cm³/mol. The second-order valence-electron chi connectivity index (χ2n) is 15.7. The molecule has 0 spiro atoms. The van der Waals surface area contributed by atoms with Crippen LogP contribution in [0.5, 0.6) is 0 Å². The zero-order chi connectivity index (χ0) is 39.5. The van der Waals surface area contributed by atoms with E-state index in [2.05, 4.69) is 213 Å². The van der Waals surface area contributed by atoms with Crippen molar-refractivity contribution < 1.29 is 4.42 Å². The van der Waals surface area contributed by atoms with Gasteiger partial charge in [0.05, 0.1) is 17.1 Å². The van der Waals surface area contributed by atoms with Crippen LogP contribution in [0.25, 0.3) is 77.6 Å². The number of rotatable bonds is 7. The van der Waals surface area contributed by atoms with Crippen molar-refractivity contribution in [2.45, 2.75) is 20.3 Å². The van der Waals surface area contributed by atoms with Gasteiger partial charge in [0.2, 0.25) is 0 Å². The second kappa shape index (κ2) is 14.2. The first-order valence-electron chi connectivity index (χ1n) is 20.5. The van der Waals surface area contributed by atoms with Crippen molar-refractivity contribution in [2.75, 3.05) is 4.90 Å². The Balaban J connectivity index is 1.33. The Hall–Kier alpha value is -7.42. The van der Waals surface area contributed by atoms with Gasteiger partial charge < -0.3 is 9.32 Å². The van der Waals surface area contributed by atoms with E-state index >= 15 is 0 Å². The smallest absolute Gasteiger partial charge is 0.136 e. The van der Waals surface area contributed by atoms with Crippen LogP contribution in [0, 0.1) is 13.8 Å². The van der Waals surface area contributed by atoms with Gasteiger partial charge in [-0.05, 0) is 105 Å². The summed E-state index contributed by atoms with van der Waals surface area (Å²) in [5.41, 5.74) is 22.4. The molecule has 0 fully saturated rings. The Labute approximate surface area is 345 Å². The van der Waals surface area contributed by atoms with Gasteiger partial charge in [-0.3, -0.25) is 0 Å². The first-order valence-corrected chi connectivity index (χ1v) is 20.5. The Bertz CT molecular complexity index is 3220. The summed E-state index contributed by atoms with van der Waals surface area (Å²) in [6.45, 7) is 4.50. The summed E-state index contributed by atoms with van der Waals surface area (Å²) in [6.07, 6.45) is 0.821. The Morgan fingerprint density at radius 1 is 0.407 bits per heavy atom. The Kier molecular flexibility index (Phi) is 8.37. The zero-order valence-electron chi connectivity index (χ0n) is 33.1. The predicted octanol–water partition coefficient (Wildman–Crippen LogP) is 15.9. The van der Waals surface area contributed by atoms with Crippen LogP contribution >= 0.6 is 0 Å². The lowest BCUT2D eigenvalue weighted by atomic mass is 9.84. The fraction of sp³-hybridized carbons (Fsp3) is 0.0526. The van der Waals surface area contributed by atoms with Crippen LogP contribution in [-0.4, -0.2) is 0 Å². The van der Waals surface area contributed by atoms with Gasteiger partial charge in [0.1, 0.15) is 11.2 Å². The van der Waals surface area contributed by atoms with E-state index in [4.69, 9.17) is 4.42 Å². The molecule has 1 aromatic heterocycles. The molecule has 0 atom stereocenters. The Morgan fingerprint density at radius 3 is 1.73 bits per heavy atom. The summed E-state index contributed by atoms with van der Waals surface area (Å²) in [6, 6.07) is 72.9. The van der Waals surface area contributed by atoms with E-state index in [1.165, 1.54) is 66.9 Å². The van der Waals surface area contributed by atoms with E-state index < -0.39 is 0 Å². The molecule has 0 bridgehead atoms. The maximum absolute atomic E-state index is 6.51. The maximum Gasteiger partial charge on any atom is 0.136 e. The highest BCUT2D eigenvalue weighted by Crippen LogP contribution is 2.57. The molecule has 1 aliphatic carbocycles. The molecule has 280 valence electrons. The number of aryl methyl sites for hydroxylation is 2. The lowest BCUT2D eigenvalue weighted by molar-refractivity contribution is 0.669. The average Bonchev–Trinajstić information content (AvgIpc) is 3.86. The van der Waals surface area contributed by atoms with E-state index in [-0.39, 0.29) is 0 Å². The minimum Gasteiger partial charge on any atom is -0.456 e. The molecule has 9 aromatic carbocycles. The number of furan rings is 1. The monoisotopic (exact) mass is 755 g/mol. The van der Waals surface area contributed by atoms with Gasteiger partial charge in [-0.25, -0.2) is 0 Å². The molecular formula is C57H41NO. The highest BCUT2D eigenvalue weighted by atomic mass is 16.3. The molecule has 59 heavy (non-hydrogen) atoms. The van der Waals surface area contributed by atoms with Gasteiger partial charge in [-0.1, -0.05) is 170 Å². The molecule has 1 heterocycles. The Morgan fingerprint density at radius 2 is 0.966 bits per heavy atom. The van der Waals surface area contributed by atoms with Crippen molar-refractivity contribution >= 4 is 39.0 Å². The molecule has 0 radical (unpaired) electrons. The molecule has 0 amide bonds. The third kappa shape index (κ3) is 5.71. The first kappa shape index (κ1) is 34.8. The summed E-state index contributed by atoms with van der Waals surface area (Å²) in [5, 5.41) is 2.24.